The molecule has 0 aliphatic heterocycles. The van der Waals surface area contributed by atoms with Gasteiger partial charge in [0.1, 0.15) is 0 Å². The highest BCUT2D eigenvalue weighted by atomic mass is 16.1. The Bertz CT molecular complexity index is 533. The van der Waals surface area contributed by atoms with Crippen LogP contribution in [0.1, 0.15) is 36.7 Å². The van der Waals surface area contributed by atoms with Crippen LogP contribution in [0, 0.1) is 0 Å². The first-order chi connectivity index (χ1) is 8.50. The Balaban J connectivity index is 2.31. The van der Waals surface area contributed by atoms with E-state index >= 15 is 0 Å². The predicted molar refractivity (Wildman–Crippen MR) is 73.8 cm³/mol. The molecule has 0 saturated carbocycles. The Kier molecular flexibility index (Phi) is 3.28. The van der Waals surface area contributed by atoms with Crippen LogP contribution < -0.4 is 0 Å². The lowest BCUT2D eigenvalue weighted by Crippen LogP contribution is -2.10. The van der Waals surface area contributed by atoms with Gasteiger partial charge in [0.2, 0.25) is 0 Å². The van der Waals surface area contributed by atoms with Crippen LogP contribution in [-0.4, -0.2) is 11.3 Å². The molecule has 1 aromatic carbocycles. The molecule has 92 valence electrons. The number of pyridine rings is 1. The van der Waals surface area contributed by atoms with Crippen LogP contribution in [0.15, 0.2) is 42.6 Å². The van der Waals surface area contributed by atoms with Crippen LogP contribution in [0.4, 0.5) is 0 Å². The van der Waals surface area contributed by atoms with Gasteiger partial charge in [-0.25, -0.2) is 0 Å². The molecule has 0 aliphatic carbocycles. The van der Waals surface area contributed by atoms with Gasteiger partial charge in [-0.3, -0.25) is 9.78 Å². The van der Waals surface area contributed by atoms with E-state index < -0.39 is 0 Å². The summed E-state index contributed by atoms with van der Waals surface area (Å²) < 4.78 is 0. The molecule has 18 heavy (non-hydrogen) atoms. The number of aldehydes is 1. The Morgan fingerprint density at radius 3 is 2.11 bits per heavy atom. The maximum atomic E-state index is 10.6. The van der Waals surface area contributed by atoms with E-state index in [1.165, 1.54) is 5.56 Å². The van der Waals surface area contributed by atoms with Crippen LogP contribution in [0.2, 0.25) is 0 Å². The van der Waals surface area contributed by atoms with Gasteiger partial charge in [0.25, 0.3) is 0 Å². The zero-order valence-electron chi connectivity index (χ0n) is 11.0. The van der Waals surface area contributed by atoms with Gasteiger partial charge in [-0.15, -0.1) is 0 Å². The molecule has 2 heteroatoms. The number of hydrogen-bond acceptors (Lipinski definition) is 2. The van der Waals surface area contributed by atoms with E-state index in [2.05, 4.69) is 50.0 Å². The van der Waals surface area contributed by atoms with E-state index in [4.69, 9.17) is 0 Å². The molecule has 2 rings (SSSR count). The van der Waals surface area contributed by atoms with Crippen molar-refractivity contribution in [3.8, 4) is 11.3 Å². The Labute approximate surface area is 108 Å². The number of benzene rings is 1. The smallest absolute Gasteiger partial charge is 0.151 e. The Morgan fingerprint density at radius 2 is 1.67 bits per heavy atom. The van der Waals surface area contributed by atoms with E-state index in [0.29, 0.717) is 5.56 Å². The van der Waals surface area contributed by atoms with Crippen molar-refractivity contribution in [3.63, 3.8) is 0 Å². The molecule has 0 radical (unpaired) electrons. The average Bonchev–Trinajstić information content (AvgIpc) is 2.38. The molecule has 0 N–H and O–H groups in total. The topological polar surface area (TPSA) is 30.0 Å². The summed E-state index contributed by atoms with van der Waals surface area (Å²) in [6.07, 6.45) is 2.40. The second kappa shape index (κ2) is 4.73. The van der Waals surface area contributed by atoms with Crippen LogP contribution in [0.5, 0.6) is 0 Å². The molecular weight excluding hydrogens is 222 g/mol. The van der Waals surface area contributed by atoms with Crippen molar-refractivity contribution in [1.82, 2.24) is 4.98 Å². The summed E-state index contributed by atoms with van der Waals surface area (Å²) in [6.45, 7) is 6.58. The summed E-state index contributed by atoms with van der Waals surface area (Å²) >= 11 is 0. The Morgan fingerprint density at radius 1 is 1.00 bits per heavy atom. The summed E-state index contributed by atoms with van der Waals surface area (Å²) in [5.41, 5.74) is 4.02. The van der Waals surface area contributed by atoms with Crippen LogP contribution in [-0.2, 0) is 5.41 Å². The Hall–Kier alpha value is -1.96. The van der Waals surface area contributed by atoms with Crippen molar-refractivity contribution in [2.24, 2.45) is 0 Å². The minimum atomic E-state index is 0.160. The SMILES string of the molecule is CC(C)(C)c1ccc(-c2ccc(C=O)cn2)cc1. The van der Waals surface area contributed by atoms with Gasteiger partial charge in [-0.05, 0) is 23.1 Å². The van der Waals surface area contributed by atoms with Gasteiger partial charge in [-0.1, -0.05) is 45.0 Å². The summed E-state index contributed by atoms with van der Waals surface area (Å²) in [7, 11) is 0. The molecule has 0 unspecified atom stereocenters. The second-order valence-electron chi connectivity index (χ2n) is 5.42. The van der Waals surface area contributed by atoms with Gasteiger partial charge in [-0.2, -0.15) is 0 Å². The largest absolute Gasteiger partial charge is 0.298 e. The van der Waals surface area contributed by atoms with Gasteiger partial charge < -0.3 is 0 Å². The van der Waals surface area contributed by atoms with E-state index in [-0.39, 0.29) is 5.41 Å². The predicted octanol–water partition coefficient (Wildman–Crippen LogP) is 3.86. The van der Waals surface area contributed by atoms with Crippen LogP contribution in [0.25, 0.3) is 11.3 Å². The first-order valence-corrected chi connectivity index (χ1v) is 6.03. The second-order valence-corrected chi connectivity index (χ2v) is 5.42. The fourth-order valence-corrected chi connectivity index (χ4v) is 1.79. The summed E-state index contributed by atoms with van der Waals surface area (Å²) in [5.74, 6) is 0. The molecule has 1 heterocycles. The highest BCUT2D eigenvalue weighted by Gasteiger charge is 2.13. The lowest BCUT2D eigenvalue weighted by Gasteiger charge is -2.19. The molecule has 0 amide bonds. The zero-order chi connectivity index (χ0) is 13.2. The summed E-state index contributed by atoms with van der Waals surface area (Å²) in [5, 5.41) is 0. The highest BCUT2D eigenvalue weighted by molar-refractivity contribution is 5.75. The van der Waals surface area contributed by atoms with Crippen molar-refractivity contribution in [3.05, 3.63) is 53.7 Å². The highest BCUT2D eigenvalue weighted by Crippen LogP contribution is 2.25. The number of hydrogen-bond donors (Lipinski definition) is 0. The number of carbonyl (C=O) groups excluding carboxylic acids is 1. The molecule has 2 nitrogen and oxygen atoms in total. The van der Waals surface area contributed by atoms with Crippen molar-refractivity contribution < 1.29 is 4.79 Å². The minimum absolute atomic E-state index is 0.160. The van der Waals surface area contributed by atoms with Crippen LogP contribution >= 0.6 is 0 Å². The third kappa shape index (κ3) is 2.65. The van der Waals surface area contributed by atoms with E-state index in [1.807, 2.05) is 6.07 Å². The number of carbonyl (C=O) groups is 1. The quantitative estimate of drug-likeness (QED) is 0.745. The van der Waals surface area contributed by atoms with Crippen molar-refractivity contribution in [2.75, 3.05) is 0 Å². The number of aromatic nitrogens is 1. The number of nitrogens with zero attached hydrogens (tertiary/aromatic N) is 1. The van der Waals surface area contributed by atoms with Crippen molar-refractivity contribution >= 4 is 6.29 Å². The third-order valence-electron chi connectivity index (χ3n) is 2.97. The number of rotatable bonds is 2. The van der Waals surface area contributed by atoms with E-state index in [0.717, 1.165) is 17.5 Å². The molecule has 0 fully saturated rings. The first-order valence-electron chi connectivity index (χ1n) is 6.03. The maximum absolute atomic E-state index is 10.6. The fourth-order valence-electron chi connectivity index (χ4n) is 1.79. The van der Waals surface area contributed by atoms with Gasteiger partial charge >= 0.3 is 0 Å². The van der Waals surface area contributed by atoms with Crippen molar-refractivity contribution in [2.45, 2.75) is 26.2 Å². The normalized spacial score (nSPS) is 11.3. The first kappa shape index (κ1) is 12.5. The monoisotopic (exact) mass is 239 g/mol. The lowest BCUT2D eigenvalue weighted by molar-refractivity contribution is 0.112. The molecule has 0 saturated heterocycles. The molecule has 0 bridgehead atoms. The fraction of sp³-hybridized carbons (Fsp3) is 0.250. The average molecular weight is 239 g/mol. The van der Waals surface area contributed by atoms with Gasteiger partial charge in [0.15, 0.2) is 6.29 Å². The van der Waals surface area contributed by atoms with E-state index in [1.54, 1.807) is 12.3 Å². The standard InChI is InChI=1S/C16H17NO/c1-16(2,3)14-7-5-13(6-8-14)15-9-4-12(11-18)10-17-15/h4-11H,1-3H3. The molecular formula is C16H17NO. The zero-order valence-corrected chi connectivity index (χ0v) is 11.0. The molecule has 0 spiro atoms. The van der Waals surface area contributed by atoms with E-state index in [9.17, 15) is 4.79 Å². The molecule has 0 aliphatic rings. The van der Waals surface area contributed by atoms with Crippen molar-refractivity contribution in [1.29, 1.82) is 0 Å². The van der Waals surface area contributed by atoms with Gasteiger partial charge in [0.05, 0.1) is 5.69 Å². The summed E-state index contributed by atoms with van der Waals surface area (Å²) in [4.78, 5) is 14.8. The third-order valence-corrected chi connectivity index (χ3v) is 2.97. The maximum Gasteiger partial charge on any atom is 0.151 e. The van der Waals surface area contributed by atoms with Crippen LogP contribution in [0.3, 0.4) is 0 Å². The molecule has 0 atom stereocenters. The summed E-state index contributed by atoms with van der Waals surface area (Å²) in [6, 6.07) is 12.1. The molecule has 2 aromatic rings. The van der Waals surface area contributed by atoms with Gasteiger partial charge in [0, 0.05) is 17.3 Å². The minimum Gasteiger partial charge on any atom is -0.298 e. The lowest BCUT2D eigenvalue weighted by atomic mass is 9.86. The molecule has 1 aromatic heterocycles.